The maximum atomic E-state index is 12.3. The molecule has 1 aliphatic heterocycles. The number of rotatable bonds is 6. The van der Waals surface area contributed by atoms with Crippen LogP contribution in [0.3, 0.4) is 0 Å². The van der Waals surface area contributed by atoms with Crippen LogP contribution in [0.4, 0.5) is 8.78 Å². The summed E-state index contributed by atoms with van der Waals surface area (Å²) in [6.07, 6.45) is 2.23. The van der Waals surface area contributed by atoms with E-state index in [-0.39, 0.29) is 5.75 Å². The molecule has 0 bridgehead atoms. The van der Waals surface area contributed by atoms with Crippen molar-refractivity contribution in [2.75, 3.05) is 19.8 Å². The Morgan fingerprint density at radius 1 is 1.45 bits per heavy atom. The van der Waals surface area contributed by atoms with Crippen LogP contribution in [0.15, 0.2) is 22.7 Å². The number of halogens is 3. The molecule has 20 heavy (non-hydrogen) atoms. The van der Waals surface area contributed by atoms with Gasteiger partial charge in [0.2, 0.25) is 0 Å². The third-order valence-corrected chi connectivity index (χ3v) is 3.73. The number of hydrogen-bond acceptors (Lipinski definition) is 3. The highest BCUT2D eigenvalue weighted by atomic mass is 79.9. The molecule has 1 saturated heterocycles. The predicted octanol–water partition coefficient (Wildman–Crippen LogP) is 3.57. The van der Waals surface area contributed by atoms with E-state index < -0.39 is 6.61 Å². The molecule has 0 saturated carbocycles. The van der Waals surface area contributed by atoms with Gasteiger partial charge in [-0.2, -0.15) is 8.78 Å². The van der Waals surface area contributed by atoms with Crippen molar-refractivity contribution in [3.8, 4) is 5.75 Å². The van der Waals surface area contributed by atoms with Crippen molar-refractivity contribution in [1.82, 2.24) is 5.32 Å². The van der Waals surface area contributed by atoms with E-state index in [1.165, 1.54) is 0 Å². The molecule has 0 aliphatic carbocycles. The van der Waals surface area contributed by atoms with Crippen molar-refractivity contribution >= 4 is 15.9 Å². The van der Waals surface area contributed by atoms with Crippen molar-refractivity contribution in [3.05, 3.63) is 28.2 Å². The van der Waals surface area contributed by atoms with Gasteiger partial charge in [-0.15, -0.1) is 0 Å². The lowest BCUT2D eigenvalue weighted by Gasteiger charge is -2.22. The molecule has 1 fully saturated rings. The molecule has 1 aliphatic rings. The number of ether oxygens (including phenoxy) is 2. The first kappa shape index (κ1) is 15.7. The molecule has 1 aromatic carbocycles. The molecule has 2 rings (SSSR count). The fraction of sp³-hybridized carbons (Fsp3) is 0.571. The molecular formula is C14H18BrF2NO2. The van der Waals surface area contributed by atoms with Crippen LogP contribution in [-0.2, 0) is 11.3 Å². The van der Waals surface area contributed by atoms with Gasteiger partial charge in [0, 0.05) is 29.7 Å². The van der Waals surface area contributed by atoms with Gasteiger partial charge >= 0.3 is 6.61 Å². The zero-order valence-electron chi connectivity index (χ0n) is 11.1. The van der Waals surface area contributed by atoms with Crippen LogP contribution < -0.4 is 10.1 Å². The predicted molar refractivity (Wildman–Crippen MR) is 76.0 cm³/mol. The minimum atomic E-state index is -2.80. The highest BCUT2D eigenvalue weighted by Gasteiger charge is 2.14. The van der Waals surface area contributed by atoms with E-state index in [1.54, 1.807) is 18.2 Å². The summed E-state index contributed by atoms with van der Waals surface area (Å²) >= 11 is 3.34. The summed E-state index contributed by atoms with van der Waals surface area (Å²) in [6, 6.07) is 5.04. The first-order chi connectivity index (χ1) is 9.65. The molecule has 1 atom stereocenters. The lowest BCUT2D eigenvalue weighted by Crippen LogP contribution is -2.29. The van der Waals surface area contributed by atoms with Gasteiger partial charge in [-0.25, -0.2) is 0 Å². The lowest BCUT2D eigenvalue weighted by molar-refractivity contribution is -0.0505. The summed E-state index contributed by atoms with van der Waals surface area (Å²) < 4.78 is 35.5. The summed E-state index contributed by atoms with van der Waals surface area (Å²) in [6.45, 7) is 0.126. The van der Waals surface area contributed by atoms with Gasteiger partial charge in [0.1, 0.15) is 5.75 Å². The van der Waals surface area contributed by atoms with Crippen molar-refractivity contribution in [2.45, 2.75) is 26.0 Å². The molecule has 6 heteroatoms. The third kappa shape index (κ3) is 5.00. The maximum absolute atomic E-state index is 12.3. The van der Waals surface area contributed by atoms with Crippen LogP contribution in [0, 0.1) is 5.92 Å². The molecule has 3 nitrogen and oxygen atoms in total. The first-order valence-electron chi connectivity index (χ1n) is 6.67. The van der Waals surface area contributed by atoms with Gasteiger partial charge in [-0.05, 0) is 37.0 Å². The summed E-state index contributed by atoms with van der Waals surface area (Å²) in [4.78, 5) is 0. The minimum absolute atomic E-state index is 0.218. The largest absolute Gasteiger partial charge is 0.434 e. The van der Waals surface area contributed by atoms with Crippen LogP contribution in [-0.4, -0.2) is 26.4 Å². The number of benzene rings is 1. The fourth-order valence-corrected chi connectivity index (χ4v) is 2.68. The average Bonchev–Trinajstić information content (AvgIpc) is 2.42. The maximum Gasteiger partial charge on any atom is 0.387 e. The Hall–Kier alpha value is -0.720. The van der Waals surface area contributed by atoms with Crippen LogP contribution >= 0.6 is 15.9 Å². The summed E-state index contributed by atoms with van der Waals surface area (Å²) in [7, 11) is 0. The molecule has 0 radical (unpaired) electrons. The first-order valence-corrected chi connectivity index (χ1v) is 7.46. The van der Waals surface area contributed by atoms with Gasteiger partial charge in [-0.3, -0.25) is 0 Å². The second-order valence-electron chi connectivity index (χ2n) is 4.84. The van der Waals surface area contributed by atoms with E-state index in [0.717, 1.165) is 42.6 Å². The standard InChI is InChI=1S/C14H18BrF2NO2/c15-12-3-4-13(20-14(16)17)11(6-12)8-18-7-10-2-1-5-19-9-10/h3-4,6,10,14,18H,1-2,5,7-9H2. The normalized spacial score (nSPS) is 19.3. The molecule has 1 unspecified atom stereocenters. The van der Waals surface area contributed by atoms with E-state index in [1.807, 2.05) is 0 Å². The average molecular weight is 350 g/mol. The van der Waals surface area contributed by atoms with Crippen molar-refractivity contribution < 1.29 is 18.3 Å². The Labute approximate surface area is 125 Å². The third-order valence-electron chi connectivity index (χ3n) is 3.24. The minimum Gasteiger partial charge on any atom is -0.434 e. The SMILES string of the molecule is FC(F)Oc1ccc(Br)cc1CNCC1CCCOC1. The quantitative estimate of drug-likeness (QED) is 0.851. The van der Waals surface area contributed by atoms with Crippen LogP contribution in [0.2, 0.25) is 0 Å². The van der Waals surface area contributed by atoms with Crippen molar-refractivity contribution in [1.29, 1.82) is 0 Å². The highest BCUT2D eigenvalue weighted by Crippen LogP contribution is 2.25. The Balaban J connectivity index is 1.88. The summed E-state index contributed by atoms with van der Waals surface area (Å²) in [5.74, 6) is 0.714. The molecule has 0 amide bonds. The number of hydrogen-bond donors (Lipinski definition) is 1. The van der Waals surface area contributed by atoms with E-state index in [2.05, 4.69) is 26.0 Å². The Kier molecular flexibility index (Phi) is 6.19. The van der Waals surface area contributed by atoms with Gasteiger partial charge < -0.3 is 14.8 Å². The second-order valence-corrected chi connectivity index (χ2v) is 5.76. The van der Waals surface area contributed by atoms with E-state index in [4.69, 9.17) is 4.74 Å². The van der Waals surface area contributed by atoms with Gasteiger partial charge in [0.15, 0.2) is 0 Å². The van der Waals surface area contributed by atoms with Gasteiger partial charge in [-0.1, -0.05) is 15.9 Å². The number of alkyl halides is 2. The molecule has 0 aromatic heterocycles. The molecule has 0 spiro atoms. The Morgan fingerprint density at radius 3 is 3.00 bits per heavy atom. The van der Waals surface area contributed by atoms with Crippen LogP contribution in [0.25, 0.3) is 0 Å². The highest BCUT2D eigenvalue weighted by molar-refractivity contribution is 9.10. The zero-order chi connectivity index (χ0) is 14.4. The Morgan fingerprint density at radius 2 is 2.30 bits per heavy atom. The summed E-state index contributed by atoms with van der Waals surface area (Å²) in [5, 5.41) is 3.29. The molecular weight excluding hydrogens is 332 g/mol. The molecule has 1 aromatic rings. The van der Waals surface area contributed by atoms with Gasteiger partial charge in [0.05, 0.1) is 6.61 Å². The molecule has 1 heterocycles. The van der Waals surface area contributed by atoms with Crippen LogP contribution in [0.1, 0.15) is 18.4 Å². The molecule has 1 N–H and O–H groups in total. The van der Waals surface area contributed by atoms with Gasteiger partial charge in [0.25, 0.3) is 0 Å². The van der Waals surface area contributed by atoms with Crippen molar-refractivity contribution in [2.24, 2.45) is 5.92 Å². The topological polar surface area (TPSA) is 30.5 Å². The second kappa shape index (κ2) is 7.90. The zero-order valence-corrected chi connectivity index (χ0v) is 12.7. The molecule has 112 valence electrons. The Bertz CT molecular complexity index is 426. The smallest absolute Gasteiger partial charge is 0.387 e. The lowest BCUT2D eigenvalue weighted by atomic mass is 10.0. The van der Waals surface area contributed by atoms with E-state index >= 15 is 0 Å². The fourth-order valence-electron chi connectivity index (χ4n) is 2.28. The van der Waals surface area contributed by atoms with E-state index in [0.29, 0.717) is 12.5 Å². The number of nitrogens with one attached hydrogen (secondary N) is 1. The van der Waals surface area contributed by atoms with Crippen LogP contribution in [0.5, 0.6) is 5.75 Å². The summed E-state index contributed by atoms with van der Waals surface area (Å²) in [5.41, 5.74) is 0.719. The van der Waals surface area contributed by atoms with E-state index in [9.17, 15) is 8.78 Å². The monoisotopic (exact) mass is 349 g/mol. The van der Waals surface area contributed by atoms with Crippen molar-refractivity contribution in [3.63, 3.8) is 0 Å².